The molecule has 1 atom stereocenters. The van der Waals surface area contributed by atoms with Gasteiger partial charge in [-0.05, 0) is 62.2 Å². The molecular weight excluding hydrogens is 338 g/mol. The molecule has 126 valence electrons. The van der Waals surface area contributed by atoms with E-state index in [2.05, 4.69) is 10.2 Å². The van der Waals surface area contributed by atoms with Gasteiger partial charge in [-0.2, -0.15) is 0 Å². The molecular formula is C18H21N3OS2. The van der Waals surface area contributed by atoms with Gasteiger partial charge < -0.3 is 16.0 Å². The van der Waals surface area contributed by atoms with Crippen molar-refractivity contribution in [1.82, 2.24) is 10.2 Å². The quantitative estimate of drug-likeness (QED) is 0.823. The van der Waals surface area contributed by atoms with Crippen molar-refractivity contribution in [1.29, 1.82) is 0 Å². The van der Waals surface area contributed by atoms with Crippen LogP contribution >= 0.6 is 23.1 Å². The molecule has 1 unspecified atom stereocenters. The number of hydrogen-bond acceptors (Lipinski definition) is 5. The molecule has 3 fully saturated rings. The minimum Gasteiger partial charge on any atom is -0.399 e. The highest BCUT2D eigenvalue weighted by molar-refractivity contribution is 8.01. The maximum Gasteiger partial charge on any atom is 0.261 e. The van der Waals surface area contributed by atoms with E-state index in [0.29, 0.717) is 12.0 Å². The van der Waals surface area contributed by atoms with Crippen LogP contribution in [0.3, 0.4) is 0 Å². The summed E-state index contributed by atoms with van der Waals surface area (Å²) in [5.74, 6) is 0.721. The molecule has 2 aromatic rings. The molecule has 1 aromatic carbocycles. The summed E-state index contributed by atoms with van der Waals surface area (Å²) in [5, 5.41) is 3.25. The summed E-state index contributed by atoms with van der Waals surface area (Å²) >= 11 is 3.20. The number of anilines is 1. The summed E-state index contributed by atoms with van der Waals surface area (Å²) in [7, 11) is 0. The van der Waals surface area contributed by atoms with E-state index in [1.54, 1.807) is 23.1 Å². The van der Waals surface area contributed by atoms with Crippen LogP contribution in [-0.4, -0.2) is 36.5 Å². The number of hydrogen-bond donors (Lipinski definition) is 2. The zero-order chi connectivity index (χ0) is 16.5. The highest BCUT2D eigenvalue weighted by Crippen LogP contribution is 2.34. The maximum atomic E-state index is 12.6. The predicted molar refractivity (Wildman–Crippen MR) is 99.7 cm³/mol. The van der Waals surface area contributed by atoms with E-state index in [4.69, 9.17) is 5.73 Å². The first-order valence-electron chi connectivity index (χ1n) is 8.34. The molecule has 0 radical (unpaired) electrons. The van der Waals surface area contributed by atoms with Crippen LogP contribution in [0.2, 0.25) is 0 Å². The van der Waals surface area contributed by atoms with Gasteiger partial charge in [0.05, 0.1) is 9.09 Å². The number of amides is 1. The number of nitrogens with two attached hydrogens (primary N) is 1. The first-order valence-corrected chi connectivity index (χ1v) is 9.97. The largest absolute Gasteiger partial charge is 0.399 e. The highest BCUT2D eigenvalue weighted by Gasteiger charge is 2.35. The number of carbonyl (C=O) groups excluding carboxylic acids is 1. The minimum absolute atomic E-state index is 0.0678. The molecule has 0 spiro atoms. The Labute approximate surface area is 150 Å². The van der Waals surface area contributed by atoms with Crippen molar-refractivity contribution < 1.29 is 4.79 Å². The lowest BCUT2D eigenvalue weighted by atomic mass is 9.84. The molecule has 3 aliphatic rings. The number of nitrogen functional groups attached to an aromatic ring is 1. The molecule has 5 rings (SSSR count). The molecule has 1 amide bonds. The fourth-order valence-electron chi connectivity index (χ4n) is 3.56. The van der Waals surface area contributed by atoms with Gasteiger partial charge in [0.15, 0.2) is 0 Å². The lowest BCUT2D eigenvalue weighted by Gasteiger charge is -2.44. The molecule has 3 saturated heterocycles. The number of fused-ring (bicyclic) bond motifs is 3. The third-order valence-electron chi connectivity index (χ3n) is 4.85. The molecule has 6 heteroatoms. The van der Waals surface area contributed by atoms with Crippen LogP contribution in [0.25, 0.3) is 0 Å². The summed E-state index contributed by atoms with van der Waals surface area (Å²) < 4.78 is 1.11. The van der Waals surface area contributed by atoms with Gasteiger partial charge >= 0.3 is 0 Å². The van der Waals surface area contributed by atoms with Crippen LogP contribution in [-0.2, 0) is 0 Å². The summed E-state index contributed by atoms with van der Waals surface area (Å²) in [5.41, 5.74) is 6.58. The first-order chi connectivity index (χ1) is 11.7. The Morgan fingerprint density at radius 3 is 2.79 bits per heavy atom. The van der Waals surface area contributed by atoms with Crippen molar-refractivity contribution in [2.45, 2.75) is 28.0 Å². The topological polar surface area (TPSA) is 58.4 Å². The van der Waals surface area contributed by atoms with Gasteiger partial charge in [-0.25, -0.2) is 0 Å². The van der Waals surface area contributed by atoms with E-state index in [1.165, 1.54) is 25.9 Å². The standard InChI is InChI=1S/C18H21N3OS2/c19-13-2-1-3-14(10-13)23-17-5-4-16(24-17)18(22)20-15-11-21-8-6-12(15)7-9-21/h1-5,10,12,15H,6-9,11,19H2,(H,20,22). The Morgan fingerprint density at radius 1 is 1.25 bits per heavy atom. The summed E-state index contributed by atoms with van der Waals surface area (Å²) in [6.07, 6.45) is 2.43. The smallest absolute Gasteiger partial charge is 0.261 e. The van der Waals surface area contributed by atoms with Crippen molar-refractivity contribution in [3.63, 3.8) is 0 Å². The molecule has 24 heavy (non-hydrogen) atoms. The Kier molecular flexibility index (Phi) is 4.52. The summed E-state index contributed by atoms with van der Waals surface area (Å²) in [4.78, 5) is 16.9. The normalized spacial score (nSPS) is 25.6. The number of thiophene rings is 1. The SMILES string of the molecule is Nc1cccc(Sc2ccc(C(=O)NC3CN4CCC3CC4)s2)c1. The van der Waals surface area contributed by atoms with Gasteiger partial charge in [0, 0.05) is 23.2 Å². The number of carbonyl (C=O) groups is 1. The van der Waals surface area contributed by atoms with Crippen molar-refractivity contribution in [3.8, 4) is 0 Å². The maximum absolute atomic E-state index is 12.6. The number of piperidine rings is 3. The van der Waals surface area contributed by atoms with Gasteiger partial charge in [0.1, 0.15) is 0 Å². The summed E-state index contributed by atoms with van der Waals surface area (Å²) in [6.45, 7) is 3.39. The molecule has 1 aromatic heterocycles. The van der Waals surface area contributed by atoms with E-state index < -0.39 is 0 Å². The summed E-state index contributed by atoms with van der Waals surface area (Å²) in [6, 6.07) is 12.1. The molecule has 4 heterocycles. The third-order valence-corrected chi connectivity index (χ3v) is 7.06. The minimum atomic E-state index is 0.0678. The molecule has 0 aliphatic carbocycles. The zero-order valence-electron chi connectivity index (χ0n) is 13.4. The van der Waals surface area contributed by atoms with Crippen LogP contribution < -0.4 is 11.1 Å². The number of rotatable bonds is 4. The number of nitrogens with one attached hydrogen (secondary N) is 1. The molecule has 3 N–H and O–H groups in total. The van der Waals surface area contributed by atoms with Crippen LogP contribution in [0.1, 0.15) is 22.5 Å². The average molecular weight is 360 g/mol. The van der Waals surface area contributed by atoms with Gasteiger partial charge in [-0.3, -0.25) is 4.79 Å². The average Bonchev–Trinajstić information content (AvgIpc) is 3.05. The zero-order valence-corrected chi connectivity index (χ0v) is 15.0. The molecule has 0 saturated carbocycles. The predicted octanol–water partition coefficient (Wildman–Crippen LogP) is 3.31. The van der Waals surface area contributed by atoms with E-state index in [9.17, 15) is 4.79 Å². The van der Waals surface area contributed by atoms with Crippen LogP contribution in [0.4, 0.5) is 5.69 Å². The molecule has 2 bridgehead atoms. The Hall–Kier alpha value is -1.50. The second-order valence-corrected chi connectivity index (χ2v) is 8.97. The van der Waals surface area contributed by atoms with Gasteiger partial charge in [-0.1, -0.05) is 17.8 Å². The van der Waals surface area contributed by atoms with E-state index in [1.807, 2.05) is 36.4 Å². The third kappa shape index (κ3) is 3.45. The Bertz CT molecular complexity index is 737. The Morgan fingerprint density at radius 2 is 2.08 bits per heavy atom. The lowest BCUT2D eigenvalue weighted by Crippen LogP contribution is -2.57. The molecule has 4 nitrogen and oxygen atoms in total. The van der Waals surface area contributed by atoms with E-state index in [-0.39, 0.29) is 5.91 Å². The van der Waals surface area contributed by atoms with Gasteiger partial charge in [0.2, 0.25) is 0 Å². The fraction of sp³-hybridized carbons (Fsp3) is 0.389. The number of nitrogens with zero attached hydrogens (tertiary/aromatic N) is 1. The van der Waals surface area contributed by atoms with Crippen LogP contribution in [0.5, 0.6) is 0 Å². The Balaban J connectivity index is 1.40. The van der Waals surface area contributed by atoms with Crippen molar-refractivity contribution in [2.75, 3.05) is 25.4 Å². The van der Waals surface area contributed by atoms with Crippen molar-refractivity contribution >= 4 is 34.7 Å². The van der Waals surface area contributed by atoms with Gasteiger partial charge in [-0.15, -0.1) is 11.3 Å². The fourth-order valence-corrected chi connectivity index (χ4v) is 5.63. The van der Waals surface area contributed by atoms with E-state index in [0.717, 1.165) is 26.2 Å². The van der Waals surface area contributed by atoms with Gasteiger partial charge in [0.25, 0.3) is 5.91 Å². The van der Waals surface area contributed by atoms with Crippen molar-refractivity contribution in [3.05, 3.63) is 41.3 Å². The van der Waals surface area contributed by atoms with Crippen molar-refractivity contribution in [2.24, 2.45) is 5.92 Å². The molecule has 3 aliphatic heterocycles. The second-order valence-electron chi connectivity index (χ2n) is 6.51. The van der Waals surface area contributed by atoms with Crippen LogP contribution in [0.15, 0.2) is 45.5 Å². The lowest BCUT2D eigenvalue weighted by molar-refractivity contribution is 0.0622. The second kappa shape index (κ2) is 6.78. The monoisotopic (exact) mass is 359 g/mol. The number of benzene rings is 1. The van der Waals surface area contributed by atoms with E-state index >= 15 is 0 Å². The first kappa shape index (κ1) is 16.0. The highest BCUT2D eigenvalue weighted by atomic mass is 32.2. The van der Waals surface area contributed by atoms with Crippen LogP contribution in [0, 0.1) is 5.92 Å².